The van der Waals surface area contributed by atoms with E-state index < -0.39 is 11.6 Å². The molecule has 0 unspecified atom stereocenters. The molecule has 1 aromatic carbocycles. The second kappa shape index (κ2) is 2.49. The molecule has 1 rings (SSSR count). The van der Waals surface area contributed by atoms with E-state index in [2.05, 4.69) is 0 Å². The molecule has 0 amide bonds. The standard InChI is InChI=1S/C8H4F2/c1-2-6-4-3-5-7(9)8(6)10/h1,3-5H. The SMILES string of the molecule is C#Cc1cccc(F)c1F. The third kappa shape index (κ3) is 0.985. The van der Waals surface area contributed by atoms with Crippen LogP contribution in [0, 0.1) is 24.0 Å². The van der Waals surface area contributed by atoms with Crippen molar-refractivity contribution in [2.75, 3.05) is 0 Å². The van der Waals surface area contributed by atoms with Gasteiger partial charge < -0.3 is 0 Å². The van der Waals surface area contributed by atoms with Gasteiger partial charge in [-0.05, 0) is 12.1 Å². The first-order valence-electron chi connectivity index (χ1n) is 2.66. The fourth-order valence-electron chi connectivity index (χ4n) is 0.615. The van der Waals surface area contributed by atoms with Gasteiger partial charge in [-0.25, -0.2) is 8.78 Å². The lowest BCUT2D eigenvalue weighted by atomic mass is 10.2. The number of hydrogen-bond acceptors (Lipinski definition) is 0. The van der Waals surface area contributed by atoms with Gasteiger partial charge in [-0.1, -0.05) is 12.0 Å². The average Bonchev–Trinajstić information content (AvgIpc) is 1.95. The molecule has 0 atom stereocenters. The maximum Gasteiger partial charge on any atom is 0.174 e. The van der Waals surface area contributed by atoms with E-state index in [-0.39, 0.29) is 5.56 Å². The third-order valence-electron chi connectivity index (χ3n) is 1.11. The Kier molecular flexibility index (Phi) is 1.68. The van der Waals surface area contributed by atoms with Crippen LogP contribution in [0.2, 0.25) is 0 Å². The summed E-state index contributed by atoms with van der Waals surface area (Å²) in [6, 6.07) is 3.74. The minimum absolute atomic E-state index is 0.0417. The lowest BCUT2D eigenvalue weighted by Crippen LogP contribution is -1.87. The Balaban J connectivity index is 3.31. The molecule has 0 spiro atoms. The summed E-state index contributed by atoms with van der Waals surface area (Å²) in [7, 11) is 0. The topological polar surface area (TPSA) is 0 Å². The average molecular weight is 138 g/mol. The van der Waals surface area contributed by atoms with Gasteiger partial charge in [0.1, 0.15) is 0 Å². The molecular formula is C8H4F2. The Morgan fingerprint density at radius 3 is 2.50 bits per heavy atom. The minimum Gasteiger partial charge on any atom is -0.204 e. The van der Waals surface area contributed by atoms with Crippen LogP contribution in [0.4, 0.5) is 8.78 Å². The summed E-state index contributed by atoms with van der Waals surface area (Å²) >= 11 is 0. The van der Waals surface area contributed by atoms with Crippen molar-refractivity contribution in [2.45, 2.75) is 0 Å². The van der Waals surface area contributed by atoms with Gasteiger partial charge in [0.15, 0.2) is 11.6 Å². The summed E-state index contributed by atoms with van der Waals surface area (Å²) in [6.45, 7) is 0. The van der Waals surface area contributed by atoms with Crippen LogP contribution in [-0.4, -0.2) is 0 Å². The Morgan fingerprint density at radius 1 is 1.30 bits per heavy atom. The van der Waals surface area contributed by atoms with E-state index in [0.717, 1.165) is 6.07 Å². The molecule has 2 heteroatoms. The zero-order valence-electron chi connectivity index (χ0n) is 5.07. The largest absolute Gasteiger partial charge is 0.204 e. The predicted molar refractivity (Wildman–Crippen MR) is 34.3 cm³/mol. The summed E-state index contributed by atoms with van der Waals surface area (Å²) < 4.78 is 24.8. The van der Waals surface area contributed by atoms with E-state index in [9.17, 15) is 8.78 Å². The highest BCUT2D eigenvalue weighted by Crippen LogP contribution is 2.08. The fraction of sp³-hybridized carbons (Fsp3) is 0. The quantitative estimate of drug-likeness (QED) is 0.480. The smallest absolute Gasteiger partial charge is 0.174 e. The zero-order chi connectivity index (χ0) is 7.56. The lowest BCUT2D eigenvalue weighted by Gasteiger charge is -1.92. The second-order valence-corrected chi connectivity index (χ2v) is 1.75. The Bertz CT molecular complexity index is 284. The van der Waals surface area contributed by atoms with E-state index in [4.69, 9.17) is 6.42 Å². The molecule has 10 heavy (non-hydrogen) atoms. The second-order valence-electron chi connectivity index (χ2n) is 1.75. The Hall–Kier alpha value is -1.36. The molecule has 0 saturated carbocycles. The Labute approximate surface area is 57.5 Å². The van der Waals surface area contributed by atoms with Crippen LogP contribution in [-0.2, 0) is 0 Å². The van der Waals surface area contributed by atoms with E-state index in [0.29, 0.717) is 0 Å². The van der Waals surface area contributed by atoms with E-state index >= 15 is 0 Å². The molecule has 0 saturated heterocycles. The maximum atomic E-state index is 12.5. The minimum atomic E-state index is -0.954. The molecule has 0 heterocycles. The predicted octanol–water partition coefficient (Wildman–Crippen LogP) is 1.95. The van der Waals surface area contributed by atoms with Crippen LogP contribution in [0.15, 0.2) is 18.2 Å². The van der Waals surface area contributed by atoms with Gasteiger partial charge in [-0.2, -0.15) is 0 Å². The van der Waals surface area contributed by atoms with Gasteiger partial charge in [-0.3, -0.25) is 0 Å². The monoisotopic (exact) mass is 138 g/mol. The molecule has 50 valence electrons. The van der Waals surface area contributed by atoms with Gasteiger partial charge in [0.2, 0.25) is 0 Å². The first-order chi connectivity index (χ1) is 4.75. The molecule has 0 aliphatic carbocycles. The number of rotatable bonds is 0. The fourth-order valence-corrected chi connectivity index (χ4v) is 0.615. The molecule has 0 fully saturated rings. The number of terminal acetylenes is 1. The molecule has 0 aliphatic heterocycles. The zero-order valence-corrected chi connectivity index (χ0v) is 5.07. The van der Waals surface area contributed by atoms with Crippen LogP contribution in [0.5, 0.6) is 0 Å². The first-order valence-corrected chi connectivity index (χ1v) is 2.66. The maximum absolute atomic E-state index is 12.5. The van der Waals surface area contributed by atoms with E-state index in [1.165, 1.54) is 12.1 Å². The molecule has 0 radical (unpaired) electrons. The van der Waals surface area contributed by atoms with Crippen molar-refractivity contribution in [1.82, 2.24) is 0 Å². The van der Waals surface area contributed by atoms with Crippen molar-refractivity contribution < 1.29 is 8.78 Å². The summed E-state index contributed by atoms with van der Waals surface area (Å²) in [4.78, 5) is 0. The van der Waals surface area contributed by atoms with Crippen LogP contribution >= 0.6 is 0 Å². The third-order valence-corrected chi connectivity index (χ3v) is 1.11. The normalized spacial score (nSPS) is 8.90. The van der Waals surface area contributed by atoms with Crippen LogP contribution in [0.3, 0.4) is 0 Å². The van der Waals surface area contributed by atoms with Crippen molar-refractivity contribution in [1.29, 1.82) is 0 Å². The van der Waals surface area contributed by atoms with Crippen LogP contribution in [0.1, 0.15) is 5.56 Å². The van der Waals surface area contributed by atoms with Gasteiger partial charge in [-0.15, -0.1) is 6.42 Å². The molecule has 0 aromatic heterocycles. The molecule has 0 N–H and O–H groups in total. The van der Waals surface area contributed by atoms with Crippen molar-refractivity contribution in [3.63, 3.8) is 0 Å². The highest BCUT2D eigenvalue weighted by atomic mass is 19.2. The van der Waals surface area contributed by atoms with Crippen LogP contribution in [0.25, 0.3) is 0 Å². The summed E-state index contributed by atoms with van der Waals surface area (Å²) in [5.74, 6) is 0.160. The van der Waals surface area contributed by atoms with Gasteiger partial charge in [0.05, 0.1) is 5.56 Å². The number of hydrogen-bond donors (Lipinski definition) is 0. The van der Waals surface area contributed by atoms with Crippen LogP contribution < -0.4 is 0 Å². The summed E-state index contributed by atoms with van der Waals surface area (Å²) in [6.07, 6.45) is 4.86. The highest BCUT2D eigenvalue weighted by Gasteiger charge is 2.03. The van der Waals surface area contributed by atoms with Crippen molar-refractivity contribution in [3.8, 4) is 12.3 Å². The van der Waals surface area contributed by atoms with E-state index in [1.54, 1.807) is 0 Å². The summed E-state index contributed by atoms with van der Waals surface area (Å²) in [5, 5.41) is 0. The van der Waals surface area contributed by atoms with Crippen molar-refractivity contribution in [2.24, 2.45) is 0 Å². The van der Waals surface area contributed by atoms with E-state index in [1.807, 2.05) is 5.92 Å². The summed E-state index contributed by atoms with van der Waals surface area (Å²) in [5.41, 5.74) is -0.0417. The lowest BCUT2D eigenvalue weighted by molar-refractivity contribution is 0.506. The molecule has 0 nitrogen and oxygen atoms in total. The number of benzene rings is 1. The van der Waals surface area contributed by atoms with Gasteiger partial charge >= 0.3 is 0 Å². The molecule has 1 aromatic rings. The van der Waals surface area contributed by atoms with Gasteiger partial charge in [0.25, 0.3) is 0 Å². The Morgan fingerprint density at radius 2 is 2.00 bits per heavy atom. The molecule has 0 bridgehead atoms. The molecular weight excluding hydrogens is 134 g/mol. The number of halogens is 2. The van der Waals surface area contributed by atoms with Gasteiger partial charge in [0, 0.05) is 0 Å². The highest BCUT2D eigenvalue weighted by molar-refractivity contribution is 5.33. The molecule has 0 aliphatic rings. The van der Waals surface area contributed by atoms with Crippen molar-refractivity contribution >= 4 is 0 Å². The van der Waals surface area contributed by atoms with Crippen molar-refractivity contribution in [3.05, 3.63) is 35.4 Å². The first kappa shape index (κ1) is 6.76.